The first kappa shape index (κ1) is 18.6. The van der Waals surface area contributed by atoms with E-state index in [9.17, 15) is 9.59 Å². The first-order valence-corrected chi connectivity index (χ1v) is 8.43. The first-order chi connectivity index (χ1) is 13.0. The van der Waals surface area contributed by atoms with Crippen LogP contribution in [0.25, 0.3) is 0 Å². The number of fused-ring (bicyclic) bond motifs is 1. The first-order valence-electron chi connectivity index (χ1n) is 8.43. The Bertz CT molecular complexity index is 841. The second-order valence-corrected chi connectivity index (χ2v) is 6.07. The molecule has 7 nitrogen and oxygen atoms in total. The topological polar surface area (TPSA) is 83.1 Å². The summed E-state index contributed by atoms with van der Waals surface area (Å²) in [6, 6.07) is 10.2. The molecule has 2 aromatic carbocycles. The highest BCUT2D eigenvalue weighted by molar-refractivity contribution is 5.95. The quantitative estimate of drug-likeness (QED) is 0.784. The van der Waals surface area contributed by atoms with Crippen molar-refractivity contribution < 1.29 is 28.5 Å². The minimum absolute atomic E-state index is 0.204. The van der Waals surface area contributed by atoms with E-state index in [1.807, 2.05) is 0 Å². The van der Waals surface area contributed by atoms with Gasteiger partial charge in [-0.25, -0.2) is 4.79 Å². The van der Waals surface area contributed by atoms with Gasteiger partial charge in [0.1, 0.15) is 23.4 Å². The molecule has 3 rings (SSSR count). The summed E-state index contributed by atoms with van der Waals surface area (Å²) in [4.78, 5) is 24.1. The van der Waals surface area contributed by atoms with Crippen LogP contribution in [0.4, 0.5) is 0 Å². The Morgan fingerprint density at radius 3 is 2.37 bits per heavy atom. The van der Waals surface area contributed by atoms with Crippen LogP contribution in [0.3, 0.4) is 0 Å². The molecule has 0 saturated heterocycles. The van der Waals surface area contributed by atoms with Crippen molar-refractivity contribution >= 4 is 11.9 Å². The molecule has 0 aliphatic carbocycles. The Kier molecular flexibility index (Phi) is 5.49. The van der Waals surface area contributed by atoms with E-state index in [4.69, 9.17) is 18.9 Å². The third kappa shape index (κ3) is 4.13. The maximum absolute atomic E-state index is 12.5. The molecule has 7 heteroatoms. The van der Waals surface area contributed by atoms with Crippen molar-refractivity contribution in [1.82, 2.24) is 5.32 Å². The van der Waals surface area contributed by atoms with Crippen LogP contribution in [0.1, 0.15) is 26.3 Å². The van der Waals surface area contributed by atoms with Crippen molar-refractivity contribution in [1.29, 1.82) is 0 Å². The van der Waals surface area contributed by atoms with Crippen molar-refractivity contribution in [3.63, 3.8) is 0 Å². The molecule has 1 heterocycles. The average molecular weight is 371 g/mol. The molecule has 1 aliphatic rings. The Hall–Kier alpha value is -3.22. The molecule has 1 N–H and O–H groups in total. The third-order valence-corrected chi connectivity index (χ3v) is 4.33. The predicted molar refractivity (Wildman–Crippen MR) is 97.8 cm³/mol. The number of hydrogen-bond acceptors (Lipinski definition) is 6. The van der Waals surface area contributed by atoms with Crippen LogP contribution in [-0.4, -0.2) is 45.9 Å². The lowest BCUT2D eigenvalue weighted by molar-refractivity contribution is 0.0600. The lowest BCUT2D eigenvalue weighted by atomic mass is 10.1. The summed E-state index contributed by atoms with van der Waals surface area (Å²) in [5.74, 6) is 1.16. The van der Waals surface area contributed by atoms with Crippen LogP contribution in [0.5, 0.6) is 17.2 Å². The lowest BCUT2D eigenvalue weighted by Gasteiger charge is -2.13. The summed E-state index contributed by atoms with van der Waals surface area (Å²) in [7, 11) is 4.41. The Labute approximate surface area is 157 Å². The van der Waals surface area contributed by atoms with Gasteiger partial charge < -0.3 is 24.3 Å². The monoisotopic (exact) mass is 371 g/mol. The van der Waals surface area contributed by atoms with Crippen molar-refractivity contribution in [2.45, 2.75) is 12.5 Å². The van der Waals surface area contributed by atoms with Gasteiger partial charge in [-0.05, 0) is 35.9 Å². The van der Waals surface area contributed by atoms with Crippen LogP contribution in [0, 0.1) is 0 Å². The zero-order valence-corrected chi connectivity index (χ0v) is 15.4. The SMILES string of the molecule is COC(=O)c1ccc2c(c1)C[C@@H](CNC(=O)c1cc(OC)cc(OC)c1)O2. The van der Waals surface area contributed by atoms with Crippen LogP contribution in [0.2, 0.25) is 0 Å². The molecule has 142 valence electrons. The Balaban J connectivity index is 1.62. The van der Waals surface area contributed by atoms with Gasteiger partial charge in [0.2, 0.25) is 0 Å². The highest BCUT2D eigenvalue weighted by atomic mass is 16.5. The summed E-state index contributed by atoms with van der Waals surface area (Å²) in [6.07, 6.45) is 0.395. The molecule has 0 aromatic heterocycles. The van der Waals surface area contributed by atoms with Gasteiger partial charge in [-0.15, -0.1) is 0 Å². The lowest BCUT2D eigenvalue weighted by Crippen LogP contribution is -2.34. The smallest absolute Gasteiger partial charge is 0.337 e. The van der Waals surface area contributed by atoms with Crippen LogP contribution in [-0.2, 0) is 11.2 Å². The number of ether oxygens (including phenoxy) is 4. The van der Waals surface area contributed by atoms with Crippen molar-refractivity contribution in [2.24, 2.45) is 0 Å². The molecule has 0 bridgehead atoms. The number of rotatable bonds is 6. The molecule has 1 aliphatic heterocycles. The number of methoxy groups -OCH3 is 3. The van der Waals surface area contributed by atoms with Gasteiger partial charge in [0.25, 0.3) is 5.91 Å². The summed E-state index contributed by atoms with van der Waals surface area (Å²) in [5.41, 5.74) is 1.84. The number of hydrogen-bond donors (Lipinski definition) is 1. The number of carbonyl (C=O) groups is 2. The predicted octanol–water partition coefficient (Wildman–Crippen LogP) is 2.22. The molecule has 1 amide bonds. The number of benzene rings is 2. The fourth-order valence-electron chi connectivity index (χ4n) is 2.93. The normalized spacial score (nSPS) is 14.7. The number of amides is 1. The van der Waals surface area contributed by atoms with E-state index in [0.717, 1.165) is 5.56 Å². The van der Waals surface area contributed by atoms with Crippen LogP contribution in [0.15, 0.2) is 36.4 Å². The average Bonchev–Trinajstić information content (AvgIpc) is 3.12. The second kappa shape index (κ2) is 7.99. The summed E-state index contributed by atoms with van der Waals surface area (Å²) in [5, 5.41) is 2.86. The summed E-state index contributed by atoms with van der Waals surface area (Å²) in [6.45, 7) is 0.334. The van der Waals surface area contributed by atoms with Crippen LogP contribution < -0.4 is 19.5 Å². The molecule has 1 atom stereocenters. The van der Waals surface area contributed by atoms with E-state index in [2.05, 4.69) is 5.32 Å². The number of carbonyl (C=O) groups excluding carboxylic acids is 2. The van der Waals surface area contributed by atoms with E-state index in [1.165, 1.54) is 21.3 Å². The summed E-state index contributed by atoms with van der Waals surface area (Å²) < 4.78 is 20.9. The van der Waals surface area contributed by atoms with E-state index >= 15 is 0 Å². The highest BCUT2D eigenvalue weighted by Gasteiger charge is 2.25. The Morgan fingerprint density at radius 1 is 1.04 bits per heavy atom. The molecule has 27 heavy (non-hydrogen) atoms. The molecule has 0 radical (unpaired) electrons. The van der Waals surface area contributed by atoms with E-state index in [1.54, 1.807) is 36.4 Å². The van der Waals surface area contributed by atoms with E-state index in [0.29, 0.717) is 41.3 Å². The zero-order valence-electron chi connectivity index (χ0n) is 15.4. The molecular formula is C20H21NO6. The maximum Gasteiger partial charge on any atom is 0.337 e. The number of esters is 1. The Morgan fingerprint density at radius 2 is 1.74 bits per heavy atom. The maximum atomic E-state index is 12.5. The molecule has 2 aromatic rings. The van der Waals surface area contributed by atoms with Crippen molar-refractivity contribution in [3.8, 4) is 17.2 Å². The zero-order chi connectivity index (χ0) is 19.4. The standard InChI is InChI=1S/C20H21NO6/c1-24-15-8-14(9-16(10-15)25-2)19(22)21-11-17-7-13-6-12(20(23)26-3)4-5-18(13)27-17/h4-6,8-10,17H,7,11H2,1-3H3,(H,21,22)/t17-/m0/s1. The fourth-order valence-corrected chi connectivity index (χ4v) is 2.93. The van der Waals surface area contributed by atoms with Gasteiger partial charge in [-0.1, -0.05) is 0 Å². The largest absolute Gasteiger partial charge is 0.497 e. The van der Waals surface area contributed by atoms with Gasteiger partial charge in [0.05, 0.1) is 33.4 Å². The molecule has 0 saturated carbocycles. The van der Waals surface area contributed by atoms with Crippen LogP contribution >= 0.6 is 0 Å². The van der Waals surface area contributed by atoms with E-state index in [-0.39, 0.29) is 18.0 Å². The highest BCUT2D eigenvalue weighted by Crippen LogP contribution is 2.29. The van der Waals surface area contributed by atoms with Gasteiger partial charge in [0.15, 0.2) is 0 Å². The minimum Gasteiger partial charge on any atom is -0.497 e. The molecule has 0 fully saturated rings. The van der Waals surface area contributed by atoms with Crippen molar-refractivity contribution in [3.05, 3.63) is 53.1 Å². The van der Waals surface area contributed by atoms with Gasteiger partial charge in [-0.3, -0.25) is 4.79 Å². The van der Waals surface area contributed by atoms with Gasteiger partial charge >= 0.3 is 5.97 Å². The molecular weight excluding hydrogens is 350 g/mol. The third-order valence-electron chi connectivity index (χ3n) is 4.33. The second-order valence-electron chi connectivity index (χ2n) is 6.07. The molecule has 0 unspecified atom stereocenters. The minimum atomic E-state index is -0.387. The van der Waals surface area contributed by atoms with Gasteiger partial charge in [0, 0.05) is 18.1 Å². The fraction of sp³-hybridized carbons (Fsp3) is 0.300. The van der Waals surface area contributed by atoms with Gasteiger partial charge in [-0.2, -0.15) is 0 Å². The number of nitrogens with one attached hydrogen (secondary N) is 1. The summed E-state index contributed by atoms with van der Waals surface area (Å²) >= 11 is 0. The van der Waals surface area contributed by atoms with E-state index < -0.39 is 0 Å². The van der Waals surface area contributed by atoms with Crippen molar-refractivity contribution in [2.75, 3.05) is 27.9 Å². The molecule has 0 spiro atoms.